The standard InChI is InChI=1S/C20H22Cl2N2O2/c1-15(25)24(10-5-8-16-6-3-2-4-7-16)11-9-20(26)23-19-13-17(21)12-18(22)14-19/h2-4,6-7,12-14H,5,8-11H2,1H3,(H,23,26). The van der Waals surface area contributed by atoms with Gasteiger partial charge in [-0.2, -0.15) is 0 Å². The lowest BCUT2D eigenvalue weighted by molar-refractivity contribution is -0.129. The van der Waals surface area contributed by atoms with Crippen LogP contribution in [0.5, 0.6) is 0 Å². The van der Waals surface area contributed by atoms with E-state index in [1.165, 1.54) is 12.5 Å². The van der Waals surface area contributed by atoms with Gasteiger partial charge in [0.25, 0.3) is 0 Å². The maximum atomic E-state index is 12.1. The Hall–Kier alpha value is -2.04. The smallest absolute Gasteiger partial charge is 0.226 e. The number of carbonyl (C=O) groups is 2. The predicted octanol–water partition coefficient (Wildman–Crippen LogP) is 4.80. The van der Waals surface area contributed by atoms with E-state index in [9.17, 15) is 9.59 Å². The van der Waals surface area contributed by atoms with Gasteiger partial charge in [-0.15, -0.1) is 0 Å². The average molecular weight is 393 g/mol. The van der Waals surface area contributed by atoms with Crippen LogP contribution in [0.15, 0.2) is 48.5 Å². The Balaban J connectivity index is 1.79. The van der Waals surface area contributed by atoms with Gasteiger partial charge in [0.1, 0.15) is 0 Å². The molecule has 2 amide bonds. The van der Waals surface area contributed by atoms with Crippen LogP contribution in [-0.2, 0) is 16.0 Å². The molecule has 0 heterocycles. The van der Waals surface area contributed by atoms with Crippen LogP contribution in [0.1, 0.15) is 25.3 Å². The Morgan fingerprint density at radius 3 is 2.27 bits per heavy atom. The average Bonchev–Trinajstić information content (AvgIpc) is 2.57. The Morgan fingerprint density at radius 2 is 1.65 bits per heavy atom. The van der Waals surface area contributed by atoms with Gasteiger partial charge in [-0.1, -0.05) is 53.5 Å². The molecule has 2 aromatic carbocycles. The number of rotatable bonds is 8. The van der Waals surface area contributed by atoms with Crippen molar-refractivity contribution >= 4 is 40.7 Å². The highest BCUT2D eigenvalue weighted by Crippen LogP contribution is 2.22. The number of amides is 2. The van der Waals surface area contributed by atoms with Crippen LogP contribution >= 0.6 is 23.2 Å². The molecule has 0 saturated carbocycles. The SMILES string of the molecule is CC(=O)N(CCCc1ccccc1)CCC(=O)Nc1cc(Cl)cc(Cl)c1. The van der Waals surface area contributed by atoms with Crippen molar-refractivity contribution in [3.05, 3.63) is 64.1 Å². The van der Waals surface area contributed by atoms with Gasteiger partial charge in [-0.25, -0.2) is 0 Å². The van der Waals surface area contributed by atoms with Crippen LogP contribution in [0.2, 0.25) is 10.0 Å². The zero-order valence-electron chi connectivity index (χ0n) is 14.7. The molecule has 0 aromatic heterocycles. The first-order chi connectivity index (χ1) is 12.4. The molecule has 2 rings (SSSR count). The number of carbonyl (C=O) groups excluding carboxylic acids is 2. The van der Waals surface area contributed by atoms with Crippen molar-refractivity contribution in [2.75, 3.05) is 18.4 Å². The first kappa shape index (κ1) is 20.3. The van der Waals surface area contributed by atoms with Crippen LogP contribution in [0.3, 0.4) is 0 Å². The summed E-state index contributed by atoms with van der Waals surface area (Å²) in [6.45, 7) is 2.53. The number of halogens is 2. The summed E-state index contributed by atoms with van der Waals surface area (Å²) >= 11 is 11.8. The molecule has 0 aliphatic carbocycles. The molecule has 1 N–H and O–H groups in total. The molecule has 0 aliphatic rings. The normalized spacial score (nSPS) is 10.4. The van der Waals surface area contributed by atoms with E-state index in [2.05, 4.69) is 17.4 Å². The van der Waals surface area contributed by atoms with E-state index >= 15 is 0 Å². The highest BCUT2D eigenvalue weighted by molar-refractivity contribution is 6.35. The van der Waals surface area contributed by atoms with Gasteiger partial charge in [0.15, 0.2) is 0 Å². The predicted molar refractivity (Wildman–Crippen MR) is 107 cm³/mol. The van der Waals surface area contributed by atoms with Gasteiger partial charge < -0.3 is 10.2 Å². The molecular weight excluding hydrogens is 371 g/mol. The van der Waals surface area contributed by atoms with E-state index in [0.717, 1.165) is 12.8 Å². The molecule has 6 heteroatoms. The van der Waals surface area contributed by atoms with Crippen molar-refractivity contribution in [3.8, 4) is 0 Å². The molecule has 0 saturated heterocycles. The van der Waals surface area contributed by atoms with Crippen LogP contribution in [0.25, 0.3) is 0 Å². The van der Waals surface area contributed by atoms with Crippen molar-refractivity contribution in [1.82, 2.24) is 4.90 Å². The zero-order valence-corrected chi connectivity index (χ0v) is 16.2. The van der Waals surface area contributed by atoms with Crippen molar-refractivity contribution in [2.24, 2.45) is 0 Å². The number of hydrogen-bond acceptors (Lipinski definition) is 2. The molecule has 4 nitrogen and oxygen atoms in total. The largest absolute Gasteiger partial charge is 0.342 e. The minimum atomic E-state index is -0.183. The summed E-state index contributed by atoms with van der Waals surface area (Å²) in [4.78, 5) is 25.6. The van der Waals surface area contributed by atoms with Gasteiger partial charge in [0.05, 0.1) is 0 Å². The van der Waals surface area contributed by atoms with Gasteiger partial charge >= 0.3 is 0 Å². The molecular formula is C20H22Cl2N2O2. The second kappa shape index (κ2) is 10.2. The molecule has 0 bridgehead atoms. The number of nitrogens with zero attached hydrogens (tertiary/aromatic N) is 1. The first-order valence-electron chi connectivity index (χ1n) is 8.49. The number of aryl methyl sites for hydroxylation is 1. The monoisotopic (exact) mass is 392 g/mol. The molecule has 0 atom stereocenters. The number of benzene rings is 2. The summed E-state index contributed by atoms with van der Waals surface area (Å²) in [6, 6.07) is 15.0. The third-order valence-corrected chi connectivity index (χ3v) is 4.37. The number of hydrogen-bond donors (Lipinski definition) is 1. The first-order valence-corrected chi connectivity index (χ1v) is 9.25. The summed E-state index contributed by atoms with van der Waals surface area (Å²) in [6.07, 6.45) is 1.97. The fraction of sp³-hybridized carbons (Fsp3) is 0.300. The van der Waals surface area contributed by atoms with E-state index in [1.54, 1.807) is 23.1 Å². The molecule has 26 heavy (non-hydrogen) atoms. The van der Waals surface area contributed by atoms with Crippen LogP contribution in [-0.4, -0.2) is 29.8 Å². The lowest BCUT2D eigenvalue weighted by Crippen LogP contribution is -2.33. The molecule has 0 spiro atoms. The van der Waals surface area contributed by atoms with E-state index in [4.69, 9.17) is 23.2 Å². The van der Waals surface area contributed by atoms with Crippen LogP contribution in [0, 0.1) is 0 Å². The number of anilines is 1. The maximum Gasteiger partial charge on any atom is 0.226 e. The maximum absolute atomic E-state index is 12.1. The van der Waals surface area contributed by atoms with Crippen molar-refractivity contribution < 1.29 is 9.59 Å². The van der Waals surface area contributed by atoms with E-state index in [1.807, 2.05) is 18.2 Å². The van der Waals surface area contributed by atoms with Crippen LogP contribution < -0.4 is 5.32 Å². The molecule has 0 aliphatic heterocycles. The molecule has 2 aromatic rings. The third kappa shape index (κ3) is 7.06. The van der Waals surface area contributed by atoms with Crippen molar-refractivity contribution in [3.63, 3.8) is 0 Å². The van der Waals surface area contributed by atoms with E-state index in [0.29, 0.717) is 28.8 Å². The summed E-state index contributed by atoms with van der Waals surface area (Å²) in [7, 11) is 0. The quantitative estimate of drug-likeness (QED) is 0.700. The minimum absolute atomic E-state index is 0.0309. The van der Waals surface area contributed by atoms with Crippen LogP contribution in [0.4, 0.5) is 5.69 Å². The molecule has 138 valence electrons. The summed E-state index contributed by atoms with van der Waals surface area (Å²) < 4.78 is 0. The lowest BCUT2D eigenvalue weighted by Gasteiger charge is -2.21. The Labute approximate surface area is 164 Å². The fourth-order valence-electron chi connectivity index (χ4n) is 2.63. The van der Waals surface area contributed by atoms with E-state index < -0.39 is 0 Å². The third-order valence-electron chi connectivity index (χ3n) is 3.94. The van der Waals surface area contributed by atoms with Gasteiger partial charge in [0, 0.05) is 42.2 Å². The van der Waals surface area contributed by atoms with Gasteiger partial charge in [-0.05, 0) is 36.6 Å². The van der Waals surface area contributed by atoms with Gasteiger partial charge in [-0.3, -0.25) is 9.59 Å². The summed E-state index contributed by atoms with van der Waals surface area (Å²) in [5, 5.41) is 3.67. The van der Waals surface area contributed by atoms with E-state index in [-0.39, 0.29) is 18.2 Å². The number of nitrogens with one attached hydrogen (secondary N) is 1. The van der Waals surface area contributed by atoms with Crippen molar-refractivity contribution in [2.45, 2.75) is 26.2 Å². The summed E-state index contributed by atoms with van der Waals surface area (Å²) in [5.41, 5.74) is 1.79. The van der Waals surface area contributed by atoms with Crippen molar-refractivity contribution in [1.29, 1.82) is 0 Å². The fourth-order valence-corrected chi connectivity index (χ4v) is 3.16. The molecule has 0 unspecified atom stereocenters. The topological polar surface area (TPSA) is 49.4 Å². The zero-order chi connectivity index (χ0) is 18.9. The molecule has 0 fully saturated rings. The van der Waals surface area contributed by atoms with Gasteiger partial charge in [0.2, 0.25) is 11.8 Å². The second-order valence-electron chi connectivity index (χ2n) is 6.05. The highest BCUT2D eigenvalue weighted by atomic mass is 35.5. The Morgan fingerprint density at radius 1 is 1.00 bits per heavy atom. The summed E-state index contributed by atoms with van der Waals surface area (Å²) in [5.74, 6) is -0.214. The minimum Gasteiger partial charge on any atom is -0.342 e. The lowest BCUT2D eigenvalue weighted by atomic mass is 10.1. The second-order valence-corrected chi connectivity index (χ2v) is 6.92. The molecule has 0 radical (unpaired) electrons. The Bertz CT molecular complexity index is 730. The Kier molecular flexibility index (Phi) is 7.95. The highest BCUT2D eigenvalue weighted by Gasteiger charge is 2.11.